The number of morpholine rings is 1. The first-order valence-electron chi connectivity index (χ1n) is 8.62. The zero-order valence-electron chi connectivity index (χ0n) is 15.1. The van der Waals surface area contributed by atoms with Crippen molar-refractivity contribution in [2.24, 2.45) is 0 Å². The lowest BCUT2D eigenvalue weighted by Crippen LogP contribution is -2.41. The molecule has 2 aromatic rings. The van der Waals surface area contributed by atoms with E-state index in [4.69, 9.17) is 4.74 Å². The predicted octanol–water partition coefficient (Wildman–Crippen LogP) is 2.32. The van der Waals surface area contributed by atoms with Gasteiger partial charge < -0.3 is 15.0 Å². The fourth-order valence-electron chi connectivity index (χ4n) is 2.88. The van der Waals surface area contributed by atoms with Crippen molar-refractivity contribution in [2.75, 3.05) is 31.6 Å². The first-order valence-corrected chi connectivity index (χ1v) is 8.62. The second kappa shape index (κ2) is 8.01. The van der Waals surface area contributed by atoms with E-state index in [9.17, 15) is 22.8 Å². The third-order valence-electron chi connectivity index (χ3n) is 4.19. The summed E-state index contributed by atoms with van der Waals surface area (Å²) in [5, 5.41) is 6.58. The number of halogens is 3. The Morgan fingerprint density at radius 1 is 1.21 bits per heavy atom. The van der Waals surface area contributed by atoms with E-state index < -0.39 is 17.6 Å². The molecule has 7 nitrogen and oxygen atoms in total. The number of carbonyl (C=O) groups is 2. The Balaban J connectivity index is 1.72. The second-order valence-electron chi connectivity index (χ2n) is 6.36. The van der Waals surface area contributed by atoms with Crippen LogP contribution < -0.4 is 5.32 Å². The molecule has 10 heteroatoms. The SMILES string of the molecule is Cc1cc(C(=O)N2CCOCC2)n(CC(=O)Nc2cccc(C(F)(F)F)c2)n1. The van der Waals surface area contributed by atoms with Crippen molar-refractivity contribution < 1.29 is 27.5 Å². The molecule has 0 unspecified atom stereocenters. The maximum Gasteiger partial charge on any atom is 0.416 e. The monoisotopic (exact) mass is 396 g/mol. The third kappa shape index (κ3) is 4.69. The van der Waals surface area contributed by atoms with Crippen molar-refractivity contribution >= 4 is 17.5 Å². The van der Waals surface area contributed by atoms with E-state index in [2.05, 4.69) is 10.4 Å². The van der Waals surface area contributed by atoms with Gasteiger partial charge in [0.2, 0.25) is 5.91 Å². The number of ether oxygens (including phenoxy) is 1. The van der Waals surface area contributed by atoms with Crippen LogP contribution >= 0.6 is 0 Å². The molecule has 1 fully saturated rings. The highest BCUT2D eigenvalue weighted by Crippen LogP contribution is 2.30. The molecule has 2 amide bonds. The number of benzene rings is 1. The molecule has 1 aliphatic heterocycles. The van der Waals surface area contributed by atoms with E-state index in [0.717, 1.165) is 12.1 Å². The lowest BCUT2D eigenvalue weighted by molar-refractivity contribution is -0.137. The molecule has 0 atom stereocenters. The van der Waals surface area contributed by atoms with Crippen molar-refractivity contribution in [1.29, 1.82) is 0 Å². The number of alkyl halides is 3. The number of amides is 2. The number of aryl methyl sites for hydroxylation is 1. The first kappa shape index (κ1) is 19.9. The Labute approximate surface area is 159 Å². The minimum Gasteiger partial charge on any atom is -0.378 e. The average Bonchev–Trinajstić information content (AvgIpc) is 3.01. The summed E-state index contributed by atoms with van der Waals surface area (Å²) < 4.78 is 44.9. The van der Waals surface area contributed by atoms with Crippen molar-refractivity contribution in [2.45, 2.75) is 19.6 Å². The van der Waals surface area contributed by atoms with Gasteiger partial charge in [-0.05, 0) is 31.2 Å². The first-order chi connectivity index (χ1) is 13.2. The summed E-state index contributed by atoms with van der Waals surface area (Å²) in [4.78, 5) is 26.6. The van der Waals surface area contributed by atoms with E-state index in [-0.39, 0.29) is 23.8 Å². The van der Waals surface area contributed by atoms with Crippen LogP contribution in [0.3, 0.4) is 0 Å². The molecule has 0 radical (unpaired) electrons. The summed E-state index contributed by atoms with van der Waals surface area (Å²) in [6.07, 6.45) is -4.50. The molecule has 1 aromatic carbocycles. The molecular weight excluding hydrogens is 377 g/mol. The highest BCUT2D eigenvalue weighted by molar-refractivity contribution is 5.94. The van der Waals surface area contributed by atoms with Crippen LogP contribution in [0.15, 0.2) is 30.3 Å². The van der Waals surface area contributed by atoms with Crippen LogP contribution in [0.1, 0.15) is 21.7 Å². The molecule has 28 heavy (non-hydrogen) atoms. The van der Waals surface area contributed by atoms with Crippen molar-refractivity contribution in [1.82, 2.24) is 14.7 Å². The molecule has 3 rings (SSSR count). The zero-order chi connectivity index (χ0) is 20.3. The molecular formula is C18H19F3N4O3. The number of anilines is 1. The Bertz CT molecular complexity index is 873. The fraction of sp³-hybridized carbons (Fsp3) is 0.389. The number of rotatable bonds is 4. The summed E-state index contributed by atoms with van der Waals surface area (Å²) in [6.45, 7) is 3.16. The van der Waals surface area contributed by atoms with E-state index in [0.29, 0.717) is 32.0 Å². The van der Waals surface area contributed by atoms with E-state index in [1.54, 1.807) is 17.9 Å². The summed E-state index contributed by atoms with van der Waals surface area (Å²) in [7, 11) is 0. The molecule has 0 saturated carbocycles. The van der Waals surface area contributed by atoms with Crippen molar-refractivity contribution in [3.05, 3.63) is 47.3 Å². The van der Waals surface area contributed by atoms with E-state index in [1.165, 1.54) is 16.8 Å². The quantitative estimate of drug-likeness (QED) is 0.861. The van der Waals surface area contributed by atoms with Gasteiger partial charge >= 0.3 is 6.18 Å². The molecule has 1 saturated heterocycles. The lowest BCUT2D eigenvalue weighted by atomic mass is 10.2. The smallest absolute Gasteiger partial charge is 0.378 e. The Hall–Kier alpha value is -2.88. The van der Waals surface area contributed by atoms with Gasteiger partial charge in [-0.3, -0.25) is 14.3 Å². The van der Waals surface area contributed by atoms with Crippen LogP contribution in [0.2, 0.25) is 0 Å². The summed E-state index contributed by atoms with van der Waals surface area (Å²) >= 11 is 0. The van der Waals surface area contributed by atoms with Crippen LogP contribution in [-0.4, -0.2) is 52.8 Å². The average molecular weight is 396 g/mol. The molecule has 2 heterocycles. The van der Waals surface area contributed by atoms with E-state index >= 15 is 0 Å². The number of hydrogen-bond donors (Lipinski definition) is 1. The highest BCUT2D eigenvalue weighted by atomic mass is 19.4. The summed E-state index contributed by atoms with van der Waals surface area (Å²) in [5.74, 6) is -0.853. The maximum absolute atomic E-state index is 12.8. The Morgan fingerprint density at radius 3 is 2.61 bits per heavy atom. The molecule has 1 aromatic heterocycles. The van der Waals surface area contributed by atoms with Crippen LogP contribution in [0.25, 0.3) is 0 Å². The van der Waals surface area contributed by atoms with Crippen molar-refractivity contribution in [3.63, 3.8) is 0 Å². The van der Waals surface area contributed by atoms with Crippen LogP contribution in [0.4, 0.5) is 18.9 Å². The number of carbonyl (C=O) groups excluding carboxylic acids is 2. The normalized spacial score (nSPS) is 14.8. The van der Waals surface area contributed by atoms with Gasteiger partial charge in [0.25, 0.3) is 5.91 Å². The molecule has 1 aliphatic rings. The lowest BCUT2D eigenvalue weighted by Gasteiger charge is -2.26. The van der Waals surface area contributed by atoms with Gasteiger partial charge in [0.15, 0.2) is 0 Å². The third-order valence-corrected chi connectivity index (χ3v) is 4.19. The van der Waals surface area contributed by atoms with Gasteiger partial charge in [0.1, 0.15) is 12.2 Å². The van der Waals surface area contributed by atoms with Crippen molar-refractivity contribution in [3.8, 4) is 0 Å². The highest BCUT2D eigenvalue weighted by Gasteiger charge is 2.30. The van der Waals surface area contributed by atoms with Gasteiger partial charge in [0, 0.05) is 18.8 Å². The molecule has 0 bridgehead atoms. The molecule has 0 spiro atoms. The largest absolute Gasteiger partial charge is 0.416 e. The maximum atomic E-state index is 12.8. The predicted molar refractivity (Wildman–Crippen MR) is 93.8 cm³/mol. The van der Waals surface area contributed by atoms with Crippen LogP contribution in [0.5, 0.6) is 0 Å². The molecule has 0 aliphatic carbocycles. The molecule has 1 N–H and O–H groups in total. The molecule has 150 valence electrons. The summed E-state index contributed by atoms with van der Waals surface area (Å²) in [5.41, 5.74) is -0.0322. The van der Waals surface area contributed by atoms with Gasteiger partial charge in [-0.1, -0.05) is 6.07 Å². The topological polar surface area (TPSA) is 76.5 Å². The number of nitrogens with one attached hydrogen (secondary N) is 1. The van der Waals surface area contributed by atoms with Gasteiger partial charge in [0.05, 0.1) is 24.5 Å². The number of hydrogen-bond acceptors (Lipinski definition) is 4. The number of nitrogens with zero attached hydrogens (tertiary/aromatic N) is 3. The zero-order valence-corrected chi connectivity index (χ0v) is 15.1. The number of aromatic nitrogens is 2. The fourth-order valence-corrected chi connectivity index (χ4v) is 2.88. The Morgan fingerprint density at radius 2 is 1.93 bits per heavy atom. The minimum absolute atomic E-state index is 0.0183. The summed E-state index contributed by atoms with van der Waals surface area (Å²) in [6, 6.07) is 5.93. The minimum atomic E-state index is -4.50. The van der Waals surface area contributed by atoms with Gasteiger partial charge in [-0.25, -0.2) is 0 Å². The standard InChI is InChI=1S/C18H19F3N4O3/c1-12-9-15(17(27)24-5-7-28-8-6-24)25(23-12)11-16(26)22-14-4-2-3-13(10-14)18(19,20)21/h2-4,9-10H,5-8,11H2,1H3,(H,22,26). The van der Waals surface area contributed by atoms with Gasteiger partial charge in [-0.2, -0.15) is 18.3 Å². The Kier molecular flexibility index (Phi) is 5.68. The van der Waals surface area contributed by atoms with Crippen LogP contribution in [-0.2, 0) is 22.3 Å². The van der Waals surface area contributed by atoms with E-state index in [1.807, 2.05) is 0 Å². The second-order valence-corrected chi connectivity index (χ2v) is 6.36. The van der Waals surface area contributed by atoms with Crippen LogP contribution in [0, 0.1) is 6.92 Å². The van der Waals surface area contributed by atoms with Gasteiger partial charge in [-0.15, -0.1) is 0 Å².